The number of aromatic nitrogens is 1. The molecule has 5 nitrogen and oxygen atoms in total. The molecule has 0 aliphatic carbocycles. The Morgan fingerprint density at radius 1 is 1.47 bits per heavy atom. The first-order chi connectivity index (χ1) is 7.99. The molecule has 0 spiro atoms. The van der Waals surface area contributed by atoms with Crippen LogP contribution in [0.1, 0.15) is 5.69 Å². The first kappa shape index (κ1) is 12.2. The molecule has 0 N–H and O–H groups in total. The second kappa shape index (κ2) is 4.54. The Kier molecular flexibility index (Phi) is 3.26. The van der Waals surface area contributed by atoms with Crippen molar-refractivity contribution in [1.82, 2.24) is 5.16 Å². The van der Waals surface area contributed by atoms with Crippen LogP contribution in [0.5, 0.6) is 5.75 Å². The Morgan fingerprint density at radius 2 is 2.24 bits per heavy atom. The van der Waals surface area contributed by atoms with Crippen LogP contribution in [0.2, 0.25) is 0 Å². The van der Waals surface area contributed by atoms with E-state index in [1.54, 1.807) is 25.3 Å². The highest BCUT2D eigenvalue weighted by atomic mass is 35.7. The molecule has 0 amide bonds. The predicted octanol–water partition coefficient (Wildman–Crippen LogP) is 1.95. The van der Waals surface area contributed by atoms with Gasteiger partial charge in [0, 0.05) is 22.5 Å². The van der Waals surface area contributed by atoms with Crippen molar-refractivity contribution < 1.29 is 17.7 Å². The fraction of sp³-hybridized carbons (Fsp3) is 0.300. The third kappa shape index (κ3) is 2.89. The topological polar surface area (TPSA) is 69.4 Å². The van der Waals surface area contributed by atoms with Gasteiger partial charge in [0.15, 0.2) is 5.58 Å². The second-order valence-corrected chi connectivity index (χ2v) is 6.38. The van der Waals surface area contributed by atoms with E-state index in [-0.39, 0.29) is 12.2 Å². The number of fused-ring (bicyclic) bond motifs is 1. The number of hydrogen-bond donors (Lipinski definition) is 0. The molecule has 0 radical (unpaired) electrons. The van der Waals surface area contributed by atoms with E-state index in [4.69, 9.17) is 19.9 Å². The highest BCUT2D eigenvalue weighted by Crippen LogP contribution is 2.24. The van der Waals surface area contributed by atoms with Gasteiger partial charge < -0.3 is 9.26 Å². The number of methoxy groups -OCH3 is 1. The van der Waals surface area contributed by atoms with Gasteiger partial charge in [-0.05, 0) is 18.2 Å². The first-order valence-corrected chi connectivity index (χ1v) is 7.32. The van der Waals surface area contributed by atoms with E-state index in [2.05, 4.69) is 5.16 Å². The van der Waals surface area contributed by atoms with Crippen molar-refractivity contribution in [3.8, 4) is 5.75 Å². The van der Waals surface area contributed by atoms with Crippen LogP contribution in [0.15, 0.2) is 22.7 Å². The van der Waals surface area contributed by atoms with Gasteiger partial charge in [0.2, 0.25) is 9.05 Å². The van der Waals surface area contributed by atoms with Crippen LogP contribution >= 0.6 is 10.7 Å². The van der Waals surface area contributed by atoms with Crippen LogP contribution in [-0.4, -0.2) is 26.4 Å². The molecule has 17 heavy (non-hydrogen) atoms. The number of hydrogen-bond acceptors (Lipinski definition) is 5. The maximum Gasteiger partial charge on any atom is 0.232 e. The van der Waals surface area contributed by atoms with Crippen molar-refractivity contribution in [2.45, 2.75) is 6.42 Å². The lowest BCUT2D eigenvalue weighted by atomic mass is 10.2. The number of benzene rings is 1. The maximum absolute atomic E-state index is 10.9. The molecule has 0 atom stereocenters. The van der Waals surface area contributed by atoms with Gasteiger partial charge in [-0.15, -0.1) is 0 Å². The van der Waals surface area contributed by atoms with E-state index in [1.165, 1.54) is 0 Å². The molecule has 0 bridgehead atoms. The average molecular weight is 276 g/mol. The number of rotatable bonds is 4. The van der Waals surface area contributed by atoms with Gasteiger partial charge in [0.25, 0.3) is 0 Å². The number of ether oxygens (including phenoxy) is 1. The first-order valence-electron chi connectivity index (χ1n) is 4.84. The zero-order valence-corrected chi connectivity index (χ0v) is 10.6. The van der Waals surface area contributed by atoms with Crippen molar-refractivity contribution >= 4 is 30.7 Å². The van der Waals surface area contributed by atoms with Gasteiger partial charge in [-0.2, -0.15) is 0 Å². The Morgan fingerprint density at radius 3 is 2.88 bits per heavy atom. The van der Waals surface area contributed by atoms with Gasteiger partial charge in [-0.25, -0.2) is 8.42 Å². The summed E-state index contributed by atoms with van der Waals surface area (Å²) in [5.74, 6) is 0.489. The summed E-state index contributed by atoms with van der Waals surface area (Å²) in [5.41, 5.74) is 1.15. The lowest BCUT2D eigenvalue weighted by Crippen LogP contribution is -2.01. The molecule has 92 valence electrons. The van der Waals surface area contributed by atoms with Crippen LogP contribution in [-0.2, 0) is 15.5 Å². The van der Waals surface area contributed by atoms with Gasteiger partial charge >= 0.3 is 0 Å². The SMILES string of the molecule is COc1ccc2onc(CCS(=O)(=O)Cl)c2c1. The van der Waals surface area contributed by atoms with E-state index in [9.17, 15) is 8.42 Å². The largest absolute Gasteiger partial charge is 0.497 e. The summed E-state index contributed by atoms with van der Waals surface area (Å²) in [7, 11) is 3.18. The summed E-state index contributed by atoms with van der Waals surface area (Å²) in [6.45, 7) is 0. The minimum Gasteiger partial charge on any atom is -0.497 e. The van der Waals surface area contributed by atoms with Crippen molar-refractivity contribution in [3.63, 3.8) is 0 Å². The minimum atomic E-state index is -3.53. The molecular formula is C10H10ClNO4S. The van der Waals surface area contributed by atoms with E-state index in [0.29, 0.717) is 17.0 Å². The van der Waals surface area contributed by atoms with Gasteiger partial charge in [0.1, 0.15) is 5.75 Å². The summed E-state index contributed by atoms with van der Waals surface area (Å²) >= 11 is 0. The zero-order chi connectivity index (χ0) is 12.5. The standard InChI is InChI=1S/C10H10ClNO4S/c1-15-7-2-3-10-8(6-7)9(12-16-10)4-5-17(11,13)14/h2-3,6H,4-5H2,1H3. The quantitative estimate of drug-likeness (QED) is 0.798. The Labute approximate surface area is 103 Å². The molecule has 0 unspecified atom stereocenters. The molecular weight excluding hydrogens is 266 g/mol. The van der Waals surface area contributed by atoms with Crippen molar-refractivity contribution in [3.05, 3.63) is 23.9 Å². The highest BCUT2D eigenvalue weighted by Gasteiger charge is 2.13. The summed E-state index contributed by atoms with van der Waals surface area (Å²) in [5, 5.41) is 4.56. The predicted molar refractivity (Wildman–Crippen MR) is 63.9 cm³/mol. The molecule has 0 saturated carbocycles. The van der Waals surface area contributed by atoms with Gasteiger partial charge in [-0.3, -0.25) is 0 Å². The molecule has 1 aromatic heterocycles. The van der Waals surface area contributed by atoms with Crippen LogP contribution in [0, 0.1) is 0 Å². The zero-order valence-electron chi connectivity index (χ0n) is 9.01. The Hall–Kier alpha value is -1.27. The molecule has 0 aliphatic rings. The lowest BCUT2D eigenvalue weighted by Gasteiger charge is -1.98. The Balaban J connectivity index is 2.34. The van der Waals surface area contributed by atoms with Crippen LogP contribution in [0.25, 0.3) is 11.0 Å². The fourth-order valence-corrected chi connectivity index (χ4v) is 2.16. The van der Waals surface area contributed by atoms with E-state index >= 15 is 0 Å². The monoisotopic (exact) mass is 275 g/mol. The lowest BCUT2D eigenvalue weighted by molar-refractivity contribution is 0.415. The normalized spacial score (nSPS) is 11.9. The molecule has 0 saturated heterocycles. The van der Waals surface area contributed by atoms with Gasteiger partial charge in [-0.1, -0.05) is 5.16 Å². The van der Waals surface area contributed by atoms with Crippen molar-refractivity contribution in [2.24, 2.45) is 0 Å². The van der Waals surface area contributed by atoms with Crippen LogP contribution in [0.4, 0.5) is 0 Å². The van der Waals surface area contributed by atoms with E-state index in [0.717, 1.165) is 5.39 Å². The summed E-state index contributed by atoms with van der Waals surface area (Å²) in [6.07, 6.45) is 0.214. The number of halogens is 1. The summed E-state index contributed by atoms with van der Waals surface area (Å²) < 4.78 is 31.9. The third-order valence-electron chi connectivity index (χ3n) is 2.33. The van der Waals surface area contributed by atoms with Crippen molar-refractivity contribution in [1.29, 1.82) is 0 Å². The van der Waals surface area contributed by atoms with Crippen molar-refractivity contribution in [2.75, 3.05) is 12.9 Å². The number of aryl methyl sites for hydroxylation is 1. The molecule has 2 rings (SSSR count). The summed E-state index contributed by atoms with van der Waals surface area (Å²) in [4.78, 5) is 0. The second-order valence-electron chi connectivity index (χ2n) is 3.48. The molecule has 1 heterocycles. The molecule has 0 fully saturated rings. The van der Waals surface area contributed by atoms with Gasteiger partial charge in [0.05, 0.1) is 18.6 Å². The molecule has 0 aliphatic heterocycles. The minimum absolute atomic E-state index is 0.173. The maximum atomic E-state index is 10.9. The summed E-state index contributed by atoms with van der Waals surface area (Å²) in [6, 6.07) is 5.22. The molecule has 1 aromatic carbocycles. The average Bonchev–Trinajstić information content (AvgIpc) is 2.67. The fourth-order valence-electron chi connectivity index (χ4n) is 1.49. The Bertz CT molecular complexity index is 635. The third-order valence-corrected chi connectivity index (χ3v) is 3.49. The molecule has 7 heteroatoms. The van der Waals surface area contributed by atoms with E-state index in [1.807, 2.05) is 0 Å². The highest BCUT2D eigenvalue weighted by molar-refractivity contribution is 8.13. The van der Waals surface area contributed by atoms with Crippen LogP contribution < -0.4 is 4.74 Å². The van der Waals surface area contributed by atoms with E-state index < -0.39 is 9.05 Å². The van der Waals surface area contributed by atoms with Crippen LogP contribution in [0.3, 0.4) is 0 Å². The number of nitrogens with zero attached hydrogens (tertiary/aromatic N) is 1. The molecule has 2 aromatic rings. The smallest absolute Gasteiger partial charge is 0.232 e.